The van der Waals surface area contributed by atoms with Gasteiger partial charge in [0.05, 0.1) is 17.5 Å². The maximum absolute atomic E-state index is 12.8. The molecule has 2 N–H and O–H groups in total. The van der Waals surface area contributed by atoms with E-state index in [1.807, 2.05) is 0 Å². The van der Waals surface area contributed by atoms with Crippen molar-refractivity contribution in [1.82, 2.24) is 19.7 Å². The van der Waals surface area contributed by atoms with Crippen LogP contribution in [-0.4, -0.2) is 19.7 Å². The third kappa shape index (κ3) is 3.86. The van der Waals surface area contributed by atoms with E-state index in [2.05, 4.69) is 15.1 Å². The minimum Gasteiger partial charge on any atom is -0.383 e. The molecule has 10 heteroatoms. The lowest BCUT2D eigenvalue weighted by Crippen LogP contribution is -2.04. The number of aromatic nitrogens is 4. The van der Waals surface area contributed by atoms with Gasteiger partial charge in [0.15, 0.2) is 11.5 Å². The smallest absolute Gasteiger partial charge is 0.383 e. The van der Waals surface area contributed by atoms with Crippen molar-refractivity contribution in [1.29, 1.82) is 0 Å². The van der Waals surface area contributed by atoms with Gasteiger partial charge in [0.1, 0.15) is 5.82 Å². The summed E-state index contributed by atoms with van der Waals surface area (Å²) in [5.41, 5.74) is 6.68. The van der Waals surface area contributed by atoms with Gasteiger partial charge in [0, 0.05) is 27.4 Å². The molecular formula is C19H12Cl2F3N5. The summed E-state index contributed by atoms with van der Waals surface area (Å²) in [6, 6.07) is 9.72. The van der Waals surface area contributed by atoms with Gasteiger partial charge in [0.2, 0.25) is 0 Å². The molecule has 0 atom stereocenters. The minimum atomic E-state index is -4.42. The molecule has 0 saturated heterocycles. The van der Waals surface area contributed by atoms with E-state index in [1.165, 1.54) is 12.1 Å². The molecule has 2 aromatic heterocycles. The normalized spacial score (nSPS) is 11.9. The number of anilines is 1. The molecule has 0 aliphatic rings. The topological polar surface area (TPSA) is 69.6 Å². The van der Waals surface area contributed by atoms with Gasteiger partial charge in [-0.25, -0.2) is 9.97 Å². The second-order valence-corrected chi connectivity index (χ2v) is 7.09. The van der Waals surface area contributed by atoms with E-state index in [-0.39, 0.29) is 11.6 Å². The van der Waals surface area contributed by atoms with Gasteiger partial charge >= 0.3 is 6.18 Å². The van der Waals surface area contributed by atoms with Crippen LogP contribution in [0.5, 0.6) is 0 Å². The van der Waals surface area contributed by atoms with Crippen molar-refractivity contribution in [2.75, 3.05) is 5.73 Å². The molecule has 4 aromatic rings. The molecule has 2 heterocycles. The fraction of sp³-hybridized carbons (Fsp3) is 0.105. The van der Waals surface area contributed by atoms with Crippen LogP contribution in [-0.2, 0) is 12.7 Å². The molecule has 0 aliphatic carbocycles. The summed E-state index contributed by atoms with van der Waals surface area (Å²) < 4.78 is 39.8. The van der Waals surface area contributed by atoms with E-state index >= 15 is 0 Å². The van der Waals surface area contributed by atoms with Crippen LogP contribution in [0.25, 0.3) is 22.4 Å². The van der Waals surface area contributed by atoms with Gasteiger partial charge in [-0.3, -0.25) is 4.68 Å². The average Bonchev–Trinajstić information content (AvgIpc) is 3.08. The molecular weight excluding hydrogens is 426 g/mol. The number of rotatable bonds is 3. The van der Waals surface area contributed by atoms with Crippen LogP contribution >= 0.6 is 23.2 Å². The zero-order chi connectivity index (χ0) is 20.8. The first-order chi connectivity index (χ1) is 13.7. The lowest BCUT2D eigenvalue weighted by atomic mass is 10.1. The molecule has 0 spiro atoms. The lowest BCUT2D eigenvalue weighted by molar-refractivity contribution is -0.137. The number of nitrogen functional groups attached to an aromatic ring is 1. The maximum atomic E-state index is 12.8. The number of hydrogen-bond donors (Lipinski definition) is 1. The van der Waals surface area contributed by atoms with E-state index in [4.69, 9.17) is 28.9 Å². The monoisotopic (exact) mass is 437 g/mol. The molecule has 4 rings (SSSR count). The van der Waals surface area contributed by atoms with Crippen molar-refractivity contribution in [3.63, 3.8) is 0 Å². The van der Waals surface area contributed by atoms with E-state index < -0.39 is 11.7 Å². The van der Waals surface area contributed by atoms with Crippen molar-refractivity contribution in [2.24, 2.45) is 0 Å². The molecule has 0 bridgehead atoms. The highest BCUT2D eigenvalue weighted by Crippen LogP contribution is 2.31. The quantitative estimate of drug-likeness (QED) is 0.462. The zero-order valence-corrected chi connectivity index (χ0v) is 16.1. The first kappa shape index (κ1) is 19.5. The van der Waals surface area contributed by atoms with Crippen LogP contribution in [0.4, 0.5) is 19.0 Å². The Hall–Kier alpha value is -2.84. The van der Waals surface area contributed by atoms with Gasteiger partial charge < -0.3 is 5.73 Å². The Balaban J connectivity index is 1.71. The van der Waals surface area contributed by atoms with Crippen LogP contribution in [0.3, 0.4) is 0 Å². The van der Waals surface area contributed by atoms with Gasteiger partial charge in [-0.05, 0) is 24.3 Å². The van der Waals surface area contributed by atoms with Gasteiger partial charge in [-0.15, -0.1) is 0 Å². The lowest BCUT2D eigenvalue weighted by Gasteiger charge is -2.07. The molecule has 0 saturated carbocycles. The number of halogens is 5. The minimum absolute atomic E-state index is 0.168. The predicted octanol–water partition coefficient (Wildman–Crippen LogP) is 5.45. The van der Waals surface area contributed by atoms with Crippen molar-refractivity contribution in [2.45, 2.75) is 12.7 Å². The fourth-order valence-corrected chi connectivity index (χ4v) is 3.35. The first-order valence-corrected chi connectivity index (χ1v) is 9.09. The third-order valence-corrected chi connectivity index (χ3v) is 5.02. The van der Waals surface area contributed by atoms with Crippen molar-refractivity contribution in [3.05, 3.63) is 69.8 Å². The van der Waals surface area contributed by atoms with E-state index in [0.29, 0.717) is 38.8 Å². The third-order valence-electron chi connectivity index (χ3n) is 4.31. The van der Waals surface area contributed by atoms with Crippen LogP contribution in [0.1, 0.15) is 11.1 Å². The Bertz CT molecular complexity index is 1180. The average molecular weight is 438 g/mol. The number of hydrogen-bond acceptors (Lipinski definition) is 4. The SMILES string of the molecule is Nc1nc(-c2ccc(C(F)(F)F)cc2)nc2nn(Cc3c(Cl)cccc3Cl)cc12. The summed E-state index contributed by atoms with van der Waals surface area (Å²) in [5.74, 6) is 0.353. The van der Waals surface area contributed by atoms with Crippen molar-refractivity contribution in [3.8, 4) is 11.4 Å². The maximum Gasteiger partial charge on any atom is 0.416 e. The molecule has 0 amide bonds. The summed E-state index contributed by atoms with van der Waals surface area (Å²) in [6.45, 7) is 0.296. The number of alkyl halides is 3. The Labute approximate surface area is 172 Å². The molecule has 0 unspecified atom stereocenters. The number of nitrogens with zero attached hydrogens (tertiary/aromatic N) is 4. The second kappa shape index (κ2) is 7.20. The van der Waals surface area contributed by atoms with E-state index in [1.54, 1.807) is 29.1 Å². The van der Waals surface area contributed by atoms with Crippen LogP contribution < -0.4 is 5.73 Å². The van der Waals surface area contributed by atoms with Crippen LogP contribution in [0, 0.1) is 0 Å². The molecule has 29 heavy (non-hydrogen) atoms. The van der Waals surface area contributed by atoms with E-state index in [0.717, 1.165) is 12.1 Å². The Kier molecular flexibility index (Phi) is 4.84. The summed E-state index contributed by atoms with van der Waals surface area (Å²) >= 11 is 12.4. The second-order valence-electron chi connectivity index (χ2n) is 6.27. The Morgan fingerprint density at radius 1 is 0.966 bits per heavy atom. The first-order valence-electron chi connectivity index (χ1n) is 8.33. The highest BCUT2D eigenvalue weighted by molar-refractivity contribution is 6.35. The Morgan fingerprint density at radius 2 is 1.62 bits per heavy atom. The summed E-state index contributed by atoms with van der Waals surface area (Å²) in [6.07, 6.45) is -2.75. The van der Waals surface area contributed by atoms with Gasteiger partial charge in [0.25, 0.3) is 0 Å². The van der Waals surface area contributed by atoms with Crippen LogP contribution in [0.2, 0.25) is 10.0 Å². The number of fused-ring (bicyclic) bond motifs is 1. The standard InChI is InChI=1S/C19H12Cl2F3N5/c20-14-2-1-3-15(21)12(14)8-29-9-13-16(25)26-17(27-18(13)28-29)10-4-6-11(7-5-10)19(22,23)24/h1-7,9H,8H2,(H2,25,26,27,28). The highest BCUT2D eigenvalue weighted by atomic mass is 35.5. The molecule has 0 fully saturated rings. The molecule has 0 radical (unpaired) electrons. The molecule has 2 aromatic carbocycles. The number of benzene rings is 2. The fourth-order valence-electron chi connectivity index (χ4n) is 2.84. The largest absolute Gasteiger partial charge is 0.416 e. The summed E-state index contributed by atoms with van der Waals surface area (Å²) in [7, 11) is 0. The molecule has 148 valence electrons. The van der Waals surface area contributed by atoms with E-state index in [9.17, 15) is 13.2 Å². The predicted molar refractivity (Wildman–Crippen MR) is 106 cm³/mol. The van der Waals surface area contributed by atoms with Crippen molar-refractivity contribution < 1.29 is 13.2 Å². The van der Waals surface area contributed by atoms with Gasteiger partial charge in [-0.1, -0.05) is 41.4 Å². The van der Waals surface area contributed by atoms with Gasteiger partial charge in [-0.2, -0.15) is 18.3 Å². The highest BCUT2D eigenvalue weighted by Gasteiger charge is 2.30. The number of nitrogens with two attached hydrogens (primary N) is 1. The summed E-state index contributed by atoms with van der Waals surface area (Å²) in [5, 5.41) is 5.90. The molecule has 0 aliphatic heterocycles. The zero-order valence-electron chi connectivity index (χ0n) is 14.6. The molecule has 5 nitrogen and oxygen atoms in total. The van der Waals surface area contributed by atoms with Crippen molar-refractivity contribution >= 4 is 40.1 Å². The summed E-state index contributed by atoms with van der Waals surface area (Å²) in [4.78, 5) is 8.53. The Morgan fingerprint density at radius 3 is 2.24 bits per heavy atom. The van der Waals surface area contributed by atoms with Crippen LogP contribution in [0.15, 0.2) is 48.7 Å².